The lowest BCUT2D eigenvalue weighted by Gasteiger charge is -2.18. The second-order valence-electron chi connectivity index (χ2n) is 10.1. The molecule has 0 saturated heterocycles. The molecule has 1 unspecified atom stereocenters. The summed E-state index contributed by atoms with van der Waals surface area (Å²) in [6.07, 6.45) is 6.26. The molecule has 0 fully saturated rings. The van der Waals surface area contributed by atoms with Gasteiger partial charge in [0.25, 0.3) is 0 Å². The van der Waals surface area contributed by atoms with Crippen molar-refractivity contribution >= 4 is 40.8 Å². The van der Waals surface area contributed by atoms with Gasteiger partial charge in [-0.05, 0) is 70.5 Å². The summed E-state index contributed by atoms with van der Waals surface area (Å²) in [5, 5.41) is 20.6. The van der Waals surface area contributed by atoms with Crippen molar-refractivity contribution < 1.29 is 19.5 Å². The number of carbonyl (C=O) groups excluding carboxylic acids is 1. The molecule has 0 bridgehead atoms. The van der Waals surface area contributed by atoms with Gasteiger partial charge in [0.05, 0.1) is 28.5 Å². The maximum absolute atomic E-state index is 12.1. The molecule has 0 spiro atoms. The molecule has 9 nitrogen and oxygen atoms in total. The Bertz CT molecular complexity index is 1420. The molecule has 1 aliphatic rings. The molecule has 0 aliphatic heterocycles. The van der Waals surface area contributed by atoms with E-state index in [1.807, 2.05) is 50.3 Å². The second-order valence-corrected chi connectivity index (χ2v) is 10.5. The third-order valence-electron chi connectivity index (χ3n) is 6.15. The van der Waals surface area contributed by atoms with Crippen LogP contribution in [0.3, 0.4) is 0 Å². The normalized spacial score (nSPS) is 14.6. The van der Waals surface area contributed by atoms with E-state index in [2.05, 4.69) is 31.8 Å². The highest BCUT2D eigenvalue weighted by Crippen LogP contribution is 2.38. The minimum atomic E-state index is -1.04. The number of benzene rings is 2. The van der Waals surface area contributed by atoms with Crippen LogP contribution in [0.15, 0.2) is 60.0 Å². The number of fused-ring (bicyclic) bond motifs is 1. The molecule has 3 N–H and O–H groups in total. The first kappa shape index (κ1) is 29.0. The van der Waals surface area contributed by atoms with Crippen molar-refractivity contribution in [2.45, 2.75) is 52.1 Å². The van der Waals surface area contributed by atoms with Gasteiger partial charge in [0.1, 0.15) is 30.3 Å². The van der Waals surface area contributed by atoms with Gasteiger partial charge in [0.15, 0.2) is 0 Å². The Kier molecular flexibility index (Phi) is 9.39. The number of amides is 1. The van der Waals surface area contributed by atoms with Crippen LogP contribution in [0.5, 0.6) is 11.5 Å². The highest BCUT2D eigenvalue weighted by Gasteiger charge is 2.24. The van der Waals surface area contributed by atoms with E-state index >= 15 is 0 Å². The van der Waals surface area contributed by atoms with Gasteiger partial charge < -0.3 is 25.3 Å². The highest BCUT2D eigenvalue weighted by molar-refractivity contribution is 6.32. The van der Waals surface area contributed by atoms with Gasteiger partial charge in [0.2, 0.25) is 5.91 Å². The number of allylic oxidation sites excluding steroid dienone is 1. The number of hydrogen-bond donors (Lipinski definition) is 3. The van der Waals surface area contributed by atoms with Gasteiger partial charge in [-0.1, -0.05) is 35.0 Å². The van der Waals surface area contributed by atoms with Crippen LogP contribution in [0.25, 0.3) is 6.08 Å². The van der Waals surface area contributed by atoms with Crippen molar-refractivity contribution in [1.29, 1.82) is 0 Å². The minimum absolute atomic E-state index is 0.0289. The Morgan fingerprint density at radius 3 is 2.77 bits per heavy atom. The number of nitrogens with zero attached hydrogens (tertiary/aromatic N) is 3. The van der Waals surface area contributed by atoms with Crippen LogP contribution < -0.4 is 15.4 Å². The number of carbonyl (C=O) groups is 1. The Morgan fingerprint density at radius 1 is 1.20 bits per heavy atom. The third-order valence-corrected chi connectivity index (χ3v) is 6.44. The van der Waals surface area contributed by atoms with E-state index in [1.165, 1.54) is 6.33 Å². The molecule has 0 radical (unpaired) electrons. The molecule has 40 heavy (non-hydrogen) atoms. The molecule has 1 aliphatic carbocycles. The first-order valence-electron chi connectivity index (χ1n) is 13.2. The van der Waals surface area contributed by atoms with E-state index in [1.54, 1.807) is 26.0 Å². The van der Waals surface area contributed by atoms with Gasteiger partial charge in [-0.2, -0.15) is 0 Å². The average molecular weight is 564 g/mol. The zero-order valence-corrected chi connectivity index (χ0v) is 23.8. The van der Waals surface area contributed by atoms with Gasteiger partial charge in [-0.3, -0.25) is 4.79 Å². The molecule has 4 rings (SSSR count). The van der Waals surface area contributed by atoms with Crippen molar-refractivity contribution in [1.82, 2.24) is 15.3 Å². The summed E-state index contributed by atoms with van der Waals surface area (Å²) in [5.41, 5.74) is 3.13. The van der Waals surface area contributed by atoms with E-state index in [9.17, 15) is 9.90 Å². The lowest BCUT2D eigenvalue weighted by molar-refractivity contribution is -0.124. The lowest BCUT2D eigenvalue weighted by atomic mass is 9.99. The van der Waals surface area contributed by atoms with Crippen LogP contribution >= 0.6 is 11.6 Å². The maximum atomic E-state index is 12.1. The molecule has 210 valence electrons. The lowest BCUT2D eigenvalue weighted by Crippen LogP contribution is -2.33. The Hall–Kier alpha value is -3.95. The topological polar surface area (TPSA) is 118 Å². The van der Waals surface area contributed by atoms with Gasteiger partial charge in [-0.15, -0.1) is 0 Å². The Morgan fingerprint density at radius 2 is 2.02 bits per heavy atom. The number of aliphatic hydroxyl groups is 1. The van der Waals surface area contributed by atoms with Gasteiger partial charge in [-0.25, -0.2) is 9.97 Å². The van der Waals surface area contributed by atoms with Crippen molar-refractivity contribution in [2.24, 2.45) is 5.16 Å². The second kappa shape index (κ2) is 12.9. The molecular weight excluding hydrogens is 530 g/mol. The first-order valence-corrected chi connectivity index (χ1v) is 13.5. The van der Waals surface area contributed by atoms with Crippen molar-refractivity contribution in [3.8, 4) is 11.5 Å². The molecule has 0 saturated carbocycles. The summed E-state index contributed by atoms with van der Waals surface area (Å²) in [5.74, 6) is 1.65. The number of anilines is 2. The summed E-state index contributed by atoms with van der Waals surface area (Å²) in [6, 6.07) is 13.0. The number of nitrogens with one attached hydrogen (secondary N) is 2. The zero-order chi connectivity index (χ0) is 28.7. The van der Waals surface area contributed by atoms with E-state index in [0.717, 1.165) is 28.2 Å². The van der Waals surface area contributed by atoms with Crippen molar-refractivity contribution in [2.75, 3.05) is 18.5 Å². The van der Waals surface area contributed by atoms with Crippen molar-refractivity contribution in [3.05, 3.63) is 76.7 Å². The fourth-order valence-corrected chi connectivity index (χ4v) is 4.52. The smallest absolute Gasteiger partial charge is 0.222 e. The van der Waals surface area contributed by atoms with Crippen molar-refractivity contribution in [3.63, 3.8) is 0 Å². The summed E-state index contributed by atoms with van der Waals surface area (Å²) < 4.78 is 6.05. The largest absolute Gasteiger partial charge is 0.456 e. The summed E-state index contributed by atoms with van der Waals surface area (Å²) in [6.45, 7) is 7.95. The number of ether oxygens (including phenoxy) is 1. The van der Waals surface area contributed by atoms with Crippen LogP contribution in [0.1, 0.15) is 63.3 Å². The SMILES string of the molecule is CCO/N=C(\C)c1cccc(Oc2ccc(Nc3ncnc4c3C(CCNC(=O)CC(C)(C)O)C=C4)cc2Cl)c1. The van der Waals surface area contributed by atoms with Crippen LogP contribution in [0.4, 0.5) is 11.5 Å². The van der Waals surface area contributed by atoms with Crippen LogP contribution in [0.2, 0.25) is 5.02 Å². The predicted molar refractivity (Wildman–Crippen MR) is 157 cm³/mol. The fourth-order valence-electron chi connectivity index (χ4n) is 4.30. The number of oxime groups is 1. The summed E-state index contributed by atoms with van der Waals surface area (Å²) in [4.78, 5) is 26.1. The fraction of sp³-hybridized carbons (Fsp3) is 0.333. The number of halogens is 1. The molecule has 1 amide bonds. The Labute approximate surface area is 239 Å². The van der Waals surface area contributed by atoms with E-state index in [4.69, 9.17) is 21.2 Å². The number of aromatic nitrogens is 2. The predicted octanol–water partition coefficient (Wildman–Crippen LogP) is 6.20. The summed E-state index contributed by atoms with van der Waals surface area (Å²) >= 11 is 6.59. The van der Waals surface area contributed by atoms with E-state index in [0.29, 0.717) is 41.9 Å². The third kappa shape index (κ3) is 7.80. The van der Waals surface area contributed by atoms with Gasteiger partial charge >= 0.3 is 0 Å². The zero-order valence-electron chi connectivity index (χ0n) is 23.1. The molecule has 10 heteroatoms. The highest BCUT2D eigenvalue weighted by atomic mass is 35.5. The van der Waals surface area contributed by atoms with Crippen LogP contribution in [-0.4, -0.2) is 45.4 Å². The molecule has 2 aromatic carbocycles. The van der Waals surface area contributed by atoms with Gasteiger partial charge in [0, 0.05) is 29.3 Å². The quantitative estimate of drug-likeness (QED) is 0.177. The standard InChI is InChI=1S/C30H34ClN5O4/c1-5-39-36-19(2)21-7-6-8-23(15-21)40-26-12-10-22(16-24(26)31)35-29-28-20(9-11-25(28)33-18-34-29)13-14-32-27(37)17-30(3,4)38/h6-12,15-16,18,20,38H,5,13-14,17H2,1-4H3,(H,32,37)(H,33,34,35)/b36-19+. The minimum Gasteiger partial charge on any atom is -0.456 e. The summed E-state index contributed by atoms with van der Waals surface area (Å²) in [7, 11) is 0. The number of hydrogen-bond acceptors (Lipinski definition) is 8. The monoisotopic (exact) mass is 563 g/mol. The number of rotatable bonds is 12. The maximum Gasteiger partial charge on any atom is 0.222 e. The first-order chi connectivity index (χ1) is 19.1. The average Bonchev–Trinajstić information content (AvgIpc) is 3.32. The molecule has 3 aromatic rings. The van der Waals surface area contributed by atoms with E-state index in [-0.39, 0.29) is 18.2 Å². The molecular formula is C30H34ClN5O4. The Balaban J connectivity index is 1.43. The van der Waals surface area contributed by atoms with E-state index < -0.39 is 5.60 Å². The van der Waals surface area contributed by atoms with Crippen LogP contribution in [0, 0.1) is 0 Å². The molecule has 1 aromatic heterocycles. The molecule has 1 atom stereocenters. The van der Waals surface area contributed by atoms with Crippen LogP contribution in [-0.2, 0) is 9.63 Å². The molecule has 1 heterocycles.